The SMILES string of the molecule is O=S(=O)(NCCc1cccc(F)c1)c1ccc(F)cc1F. The lowest BCUT2D eigenvalue weighted by molar-refractivity contribution is 0.543. The Balaban J connectivity index is 2.05. The Kier molecular flexibility index (Phi) is 4.64. The van der Waals surface area contributed by atoms with Crippen LogP contribution in [0.2, 0.25) is 0 Å². The molecule has 0 fully saturated rings. The van der Waals surface area contributed by atoms with Gasteiger partial charge in [0.25, 0.3) is 0 Å². The molecule has 2 aromatic carbocycles. The minimum Gasteiger partial charge on any atom is -0.211 e. The van der Waals surface area contributed by atoms with Crippen molar-refractivity contribution in [2.75, 3.05) is 6.54 Å². The Morgan fingerprint density at radius 1 is 0.952 bits per heavy atom. The molecule has 2 rings (SSSR count). The van der Waals surface area contributed by atoms with E-state index in [1.54, 1.807) is 6.07 Å². The van der Waals surface area contributed by atoms with Gasteiger partial charge in [-0.3, -0.25) is 0 Å². The van der Waals surface area contributed by atoms with E-state index < -0.39 is 32.4 Å². The highest BCUT2D eigenvalue weighted by Crippen LogP contribution is 2.15. The van der Waals surface area contributed by atoms with Gasteiger partial charge in [-0.05, 0) is 36.2 Å². The summed E-state index contributed by atoms with van der Waals surface area (Å²) < 4.78 is 65.1. The molecular formula is C14H12F3NO2S. The summed E-state index contributed by atoms with van der Waals surface area (Å²) in [5.74, 6) is -2.43. The van der Waals surface area contributed by atoms with Crippen molar-refractivity contribution in [1.82, 2.24) is 4.72 Å². The molecule has 0 saturated heterocycles. The first-order valence-corrected chi connectivity index (χ1v) is 7.56. The molecule has 3 nitrogen and oxygen atoms in total. The molecule has 0 saturated carbocycles. The van der Waals surface area contributed by atoms with E-state index in [1.165, 1.54) is 18.2 Å². The van der Waals surface area contributed by atoms with Gasteiger partial charge in [0.2, 0.25) is 10.0 Å². The lowest BCUT2D eigenvalue weighted by atomic mass is 10.1. The number of hydrogen-bond acceptors (Lipinski definition) is 2. The highest BCUT2D eigenvalue weighted by atomic mass is 32.2. The zero-order valence-electron chi connectivity index (χ0n) is 10.8. The van der Waals surface area contributed by atoms with E-state index in [0.29, 0.717) is 11.6 Å². The molecule has 7 heteroatoms. The van der Waals surface area contributed by atoms with E-state index >= 15 is 0 Å². The van der Waals surface area contributed by atoms with Crippen LogP contribution >= 0.6 is 0 Å². The Labute approximate surface area is 120 Å². The van der Waals surface area contributed by atoms with Crippen molar-refractivity contribution in [3.63, 3.8) is 0 Å². The maximum atomic E-state index is 13.4. The van der Waals surface area contributed by atoms with Gasteiger partial charge in [-0.1, -0.05) is 12.1 Å². The third-order valence-electron chi connectivity index (χ3n) is 2.78. The molecule has 112 valence electrons. The van der Waals surface area contributed by atoms with Gasteiger partial charge in [-0.15, -0.1) is 0 Å². The third kappa shape index (κ3) is 4.05. The van der Waals surface area contributed by atoms with Crippen molar-refractivity contribution in [3.8, 4) is 0 Å². The maximum absolute atomic E-state index is 13.4. The molecule has 0 aliphatic heterocycles. The van der Waals surface area contributed by atoms with Gasteiger partial charge < -0.3 is 0 Å². The molecule has 0 amide bonds. The van der Waals surface area contributed by atoms with Gasteiger partial charge in [0.1, 0.15) is 22.3 Å². The van der Waals surface area contributed by atoms with Gasteiger partial charge in [0.15, 0.2) is 0 Å². The van der Waals surface area contributed by atoms with E-state index in [0.717, 1.165) is 12.1 Å². The molecular weight excluding hydrogens is 303 g/mol. The largest absolute Gasteiger partial charge is 0.243 e. The quantitative estimate of drug-likeness (QED) is 0.922. The molecule has 0 atom stereocenters. The number of sulfonamides is 1. The van der Waals surface area contributed by atoms with Crippen LogP contribution in [0.15, 0.2) is 47.4 Å². The first-order valence-electron chi connectivity index (χ1n) is 6.08. The lowest BCUT2D eigenvalue weighted by Crippen LogP contribution is -2.26. The van der Waals surface area contributed by atoms with Crippen molar-refractivity contribution in [2.24, 2.45) is 0 Å². The van der Waals surface area contributed by atoms with Gasteiger partial charge >= 0.3 is 0 Å². The second kappa shape index (κ2) is 6.28. The first-order chi connectivity index (χ1) is 9.88. The number of rotatable bonds is 5. The molecule has 0 radical (unpaired) electrons. The minimum absolute atomic E-state index is 0.0252. The molecule has 0 unspecified atom stereocenters. The Bertz CT molecular complexity index is 748. The van der Waals surface area contributed by atoms with Crippen LogP contribution in [0.5, 0.6) is 0 Å². The number of hydrogen-bond donors (Lipinski definition) is 1. The molecule has 2 aromatic rings. The zero-order chi connectivity index (χ0) is 15.5. The number of halogens is 3. The fourth-order valence-corrected chi connectivity index (χ4v) is 2.88. The Morgan fingerprint density at radius 2 is 1.67 bits per heavy atom. The van der Waals surface area contributed by atoms with Crippen LogP contribution in [0.25, 0.3) is 0 Å². The number of nitrogens with one attached hydrogen (secondary N) is 1. The Hall–Kier alpha value is -1.86. The van der Waals surface area contributed by atoms with Crippen molar-refractivity contribution in [1.29, 1.82) is 0 Å². The average molecular weight is 315 g/mol. The lowest BCUT2D eigenvalue weighted by Gasteiger charge is -2.08. The molecule has 0 aliphatic rings. The summed E-state index contributed by atoms with van der Waals surface area (Å²) in [5.41, 5.74) is 0.609. The predicted molar refractivity (Wildman–Crippen MR) is 71.7 cm³/mol. The van der Waals surface area contributed by atoms with Gasteiger partial charge in [0, 0.05) is 12.6 Å². The van der Waals surface area contributed by atoms with Crippen LogP contribution in [0.4, 0.5) is 13.2 Å². The van der Waals surface area contributed by atoms with E-state index in [2.05, 4.69) is 4.72 Å². The zero-order valence-corrected chi connectivity index (χ0v) is 11.6. The minimum atomic E-state index is -4.07. The van der Waals surface area contributed by atoms with E-state index in [9.17, 15) is 21.6 Å². The van der Waals surface area contributed by atoms with Crippen molar-refractivity contribution < 1.29 is 21.6 Å². The highest BCUT2D eigenvalue weighted by molar-refractivity contribution is 7.89. The Morgan fingerprint density at radius 3 is 2.33 bits per heavy atom. The summed E-state index contributed by atoms with van der Waals surface area (Å²) in [6, 6.07) is 7.95. The van der Waals surface area contributed by atoms with Crippen LogP contribution in [-0.4, -0.2) is 15.0 Å². The predicted octanol–water partition coefficient (Wildman–Crippen LogP) is 2.62. The van der Waals surface area contributed by atoms with Gasteiger partial charge in [-0.2, -0.15) is 0 Å². The summed E-state index contributed by atoms with van der Waals surface area (Å²) in [7, 11) is -4.07. The van der Waals surface area contributed by atoms with Crippen molar-refractivity contribution >= 4 is 10.0 Å². The standard InChI is InChI=1S/C14H12F3NO2S/c15-11-3-1-2-10(8-11)6-7-18-21(19,20)14-5-4-12(16)9-13(14)17/h1-5,8-9,18H,6-7H2. The van der Waals surface area contributed by atoms with Crippen molar-refractivity contribution in [2.45, 2.75) is 11.3 Å². The molecule has 0 aliphatic carbocycles. The van der Waals surface area contributed by atoms with Crippen LogP contribution < -0.4 is 4.72 Å². The summed E-state index contributed by atoms with van der Waals surface area (Å²) in [6.45, 7) is -0.0252. The molecule has 21 heavy (non-hydrogen) atoms. The van der Waals surface area contributed by atoms with Crippen LogP contribution in [0, 0.1) is 17.5 Å². The van der Waals surface area contributed by atoms with Crippen LogP contribution in [-0.2, 0) is 16.4 Å². The van der Waals surface area contributed by atoms with Gasteiger partial charge in [0.05, 0.1) is 0 Å². The molecule has 0 spiro atoms. The smallest absolute Gasteiger partial charge is 0.211 e. The van der Waals surface area contributed by atoms with Crippen molar-refractivity contribution in [3.05, 3.63) is 65.5 Å². The number of benzene rings is 2. The van der Waals surface area contributed by atoms with E-state index in [4.69, 9.17) is 0 Å². The van der Waals surface area contributed by atoms with Crippen LogP contribution in [0.1, 0.15) is 5.56 Å². The maximum Gasteiger partial charge on any atom is 0.243 e. The normalized spacial score (nSPS) is 11.6. The second-order valence-electron chi connectivity index (χ2n) is 4.35. The summed E-state index contributed by atoms with van der Waals surface area (Å²) in [4.78, 5) is -0.622. The molecule has 0 bridgehead atoms. The molecule has 1 N–H and O–H groups in total. The summed E-state index contributed by atoms with van der Waals surface area (Å²) >= 11 is 0. The molecule has 0 heterocycles. The molecule has 0 aromatic heterocycles. The summed E-state index contributed by atoms with van der Waals surface area (Å²) in [6.07, 6.45) is 0.250. The fourth-order valence-electron chi connectivity index (χ4n) is 1.79. The monoisotopic (exact) mass is 315 g/mol. The van der Waals surface area contributed by atoms with E-state index in [-0.39, 0.29) is 13.0 Å². The second-order valence-corrected chi connectivity index (χ2v) is 6.09. The summed E-state index contributed by atoms with van der Waals surface area (Å²) in [5, 5.41) is 0. The first kappa shape index (κ1) is 15.5. The highest BCUT2D eigenvalue weighted by Gasteiger charge is 2.18. The van der Waals surface area contributed by atoms with Gasteiger partial charge in [-0.25, -0.2) is 26.3 Å². The average Bonchev–Trinajstić information content (AvgIpc) is 2.38. The topological polar surface area (TPSA) is 46.2 Å². The van der Waals surface area contributed by atoms with E-state index in [1.807, 2.05) is 0 Å². The van der Waals surface area contributed by atoms with Crippen LogP contribution in [0.3, 0.4) is 0 Å². The fraction of sp³-hybridized carbons (Fsp3) is 0.143. The third-order valence-corrected chi connectivity index (χ3v) is 4.27.